The second kappa shape index (κ2) is 6.93. The zero-order chi connectivity index (χ0) is 17.1. The molecular weight excluding hydrogens is 398 g/mol. The van der Waals surface area contributed by atoms with Gasteiger partial charge in [-0.05, 0) is 52.3 Å². The quantitative estimate of drug-likeness (QED) is 0.663. The molecule has 1 N–H and O–H groups in total. The summed E-state index contributed by atoms with van der Waals surface area (Å²) in [5, 5.41) is 10.2. The Labute approximate surface area is 148 Å². The molecule has 0 saturated carbocycles. The number of amides is 1. The van der Waals surface area contributed by atoms with E-state index in [-0.39, 0.29) is 6.01 Å². The number of anilines is 1. The molecule has 24 heavy (non-hydrogen) atoms. The first-order valence-corrected chi connectivity index (χ1v) is 8.26. The lowest BCUT2D eigenvalue weighted by molar-refractivity contribution is 0.0600. The van der Waals surface area contributed by atoms with Crippen LogP contribution < -0.4 is 5.32 Å². The highest BCUT2D eigenvalue weighted by molar-refractivity contribution is 9.11. The Morgan fingerprint density at radius 2 is 1.83 bits per heavy atom. The maximum absolute atomic E-state index is 12.2. The first-order chi connectivity index (χ1) is 11.6. The van der Waals surface area contributed by atoms with Gasteiger partial charge < -0.3 is 9.15 Å². The van der Waals surface area contributed by atoms with E-state index in [9.17, 15) is 9.59 Å². The number of benzene rings is 1. The van der Waals surface area contributed by atoms with Crippen LogP contribution in [0.2, 0.25) is 0 Å². The fourth-order valence-corrected chi connectivity index (χ4v) is 3.15. The van der Waals surface area contributed by atoms with Crippen LogP contribution in [0.25, 0.3) is 10.8 Å². The maximum Gasteiger partial charge on any atom is 0.337 e. The summed E-state index contributed by atoms with van der Waals surface area (Å²) < 4.78 is 11.0. The Balaban J connectivity index is 1.71. The van der Waals surface area contributed by atoms with Gasteiger partial charge in [-0.3, -0.25) is 10.1 Å². The topological polar surface area (TPSA) is 94.3 Å². The molecule has 3 aromatic rings. The zero-order valence-electron chi connectivity index (χ0n) is 12.3. The second-order valence-corrected chi connectivity index (χ2v) is 7.00. The van der Waals surface area contributed by atoms with E-state index in [1.54, 1.807) is 0 Å². The van der Waals surface area contributed by atoms with E-state index in [2.05, 4.69) is 36.2 Å². The molecule has 0 unspecified atom stereocenters. The lowest BCUT2D eigenvalue weighted by Crippen LogP contribution is -2.12. The molecule has 7 nitrogen and oxygen atoms in total. The second-order valence-electron chi connectivity index (χ2n) is 4.54. The molecule has 0 radical (unpaired) electrons. The third-order valence-corrected chi connectivity index (χ3v) is 4.61. The average Bonchev–Trinajstić information content (AvgIpc) is 3.23. The zero-order valence-corrected chi connectivity index (χ0v) is 14.7. The third-order valence-electron chi connectivity index (χ3n) is 3.00. The van der Waals surface area contributed by atoms with Crippen molar-refractivity contribution in [2.24, 2.45) is 0 Å². The Kier molecular flexibility index (Phi) is 4.72. The van der Waals surface area contributed by atoms with Crippen molar-refractivity contribution in [2.45, 2.75) is 0 Å². The summed E-state index contributed by atoms with van der Waals surface area (Å²) >= 11 is 4.79. The van der Waals surface area contributed by atoms with E-state index in [0.717, 1.165) is 8.66 Å². The molecule has 1 aromatic carbocycles. The number of aromatic nitrogens is 2. The molecule has 0 aliphatic heterocycles. The Morgan fingerprint density at radius 1 is 1.12 bits per heavy atom. The van der Waals surface area contributed by atoms with Crippen molar-refractivity contribution in [3.63, 3.8) is 0 Å². The summed E-state index contributed by atoms with van der Waals surface area (Å²) in [6, 6.07) is 9.72. The highest BCUT2D eigenvalue weighted by Gasteiger charge is 2.14. The first-order valence-electron chi connectivity index (χ1n) is 6.66. The molecule has 2 heterocycles. The summed E-state index contributed by atoms with van der Waals surface area (Å²) in [4.78, 5) is 24.3. The number of halogens is 1. The first kappa shape index (κ1) is 16.3. The van der Waals surface area contributed by atoms with E-state index < -0.39 is 11.9 Å². The standard InChI is InChI=1S/C15H10BrN3O4S/c1-22-14(21)9-4-2-8(3-5-9)12(20)17-15-19-18-13(23-15)10-6-7-11(16)24-10/h2-7H,1H3,(H,17,19,20). The van der Waals surface area contributed by atoms with Crippen molar-refractivity contribution < 1.29 is 18.7 Å². The van der Waals surface area contributed by atoms with Crippen LogP contribution in [0.4, 0.5) is 6.01 Å². The number of carbonyl (C=O) groups excluding carboxylic acids is 2. The van der Waals surface area contributed by atoms with Gasteiger partial charge in [0.25, 0.3) is 11.8 Å². The summed E-state index contributed by atoms with van der Waals surface area (Å²) in [5.74, 6) is -0.568. The van der Waals surface area contributed by atoms with Gasteiger partial charge in [0, 0.05) is 5.56 Å². The fourth-order valence-electron chi connectivity index (χ4n) is 1.85. The average molecular weight is 408 g/mol. The third kappa shape index (κ3) is 3.52. The number of methoxy groups -OCH3 is 1. The summed E-state index contributed by atoms with van der Waals surface area (Å²) in [5.41, 5.74) is 0.707. The molecule has 0 saturated heterocycles. The Hall–Kier alpha value is -2.52. The predicted octanol–water partition coefficient (Wildman–Crippen LogP) is 3.60. The molecule has 1 amide bonds. The molecule has 0 spiro atoms. The molecule has 122 valence electrons. The van der Waals surface area contributed by atoms with Gasteiger partial charge in [-0.25, -0.2) is 4.79 Å². The monoisotopic (exact) mass is 407 g/mol. The number of esters is 1. The normalized spacial score (nSPS) is 10.4. The number of rotatable bonds is 4. The summed E-state index contributed by atoms with van der Waals surface area (Å²) in [6.07, 6.45) is 0. The fraction of sp³-hybridized carbons (Fsp3) is 0.0667. The van der Waals surface area contributed by atoms with Crippen molar-refractivity contribution in [3.8, 4) is 10.8 Å². The molecule has 0 fully saturated rings. The highest BCUT2D eigenvalue weighted by Crippen LogP contribution is 2.30. The minimum atomic E-state index is -0.467. The number of ether oxygens (including phenoxy) is 1. The summed E-state index contributed by atoms with van der Waals surface area (Å²) in [6.45, 7) is 0. The maximum atomic E-state index is 12.2. The molecule has 0 aliphatic rings. The molecule has 2 aromatic heterocycles. The van der Waals surface area contributed by atoms with E-state index in [0.29, 0.717) is 17.0 Å². The molecule has 0 aliphatic carbocycles. The van der Waals surface area contributed by atoms with Gasteiger partial charge in [-0.15, -0.1) is 16.4 Å². The smallest absolute Gasteiger partial charge is 0.337 e. The number of hydrogen-bond acceptors (Lipinski definition) is 7. The van der Waals surface area contributed by atoms with E-state index >= 15 is 0 Å². The minimum absolute atomic E-state index is 0.00318. The van der Waals surface area contributed by atoms with Crippen LogP contribution >= 0.6 is 27.3 Å². The molecule has 9 heteroatoms. The van der Waals surface area contributed by atoms with E-state index in [1.165, 1.54) is 42.7 Å². The Bertz CT molecular complexity index is 888. The molecule has 3 rings (SSSR count). The van der Waals surface area contributed by atoms with Crippen LogP contribution in [0.15, 0.2) is 44.6 Å². The van der Waals surface area contributed by atoms with Crippen LogP contribution in [-0.2, 0) is 4.74 Å². The lowest BCUT2D eigenvalue weighted by Gasteiger charge is -2.02. The van der Waals surface area contributed by atoms with Crippen LogP contribution in [0, 0.1) is 0 Å². The Morgan fingerprint density at radius 3 is 2.46 bits per heavy atom. The van der Waals surface area contributed by atoms with Crippen molar-refractivity contribution in [2.75, 3.05) is 12.4 Å². The van der Waals surface area contributed by atoms with Crippen molar-refractivity contribution in [3.05, 3.63) is 51.3 Å². The van der Waals surface area contributed by atoms with Crippen molar-refractivity contribution >= 4 is 45.2 Å². The van der Waals surface area contributed by atoms with Gasteiger partial charge in [-0.1, -0.05) is 5.10 Å². The van der Waals surface area contributed by atoms with Crippen LogP contribution in [0.1, 0.15) is 20.7 Å². The molecule has 0 atom stereocenters. The molecular formula is C15H10BrN3O4S. The van der Waals surface area contributed by atoms with Crippen LogP contribution in [-0.4, -0.2) is 29.2 Å². The van der Waals surface area contributed by atoms with Crippen molar-refractivity contribution in [1.82, 2.24) is 10.2 Å². The van der Waals surface area contributed by atoms with Gasteiger partial charge >= 0.3 is 12.0 Å². The number of nitrogens with zero attached hydrogens (tertiary/aromatic N) is 2. The van der Waals surface area contributed by atoms with Crippen LogP contribution in [0.3, 0.4) is 0 Å². The van der Waals surface area contributed by atoms with E-state index in [4.69, 9.17) is 4.42 Å². The number of carbonyl (C=O) groups is 2. The lowest BCUT2D eigenvalue weighted by atomic mass is 10.1. The summed E-state index contributed by atoms with van der Waals surface area (Å²) in [7, 11) is 1.29. The molecule has 0 bridgehead atoms. The number of nitrogens with one attached hydrogen (secondary N) is 1. The van der Waals surface area contributed by atoms with Gasteiger partial charge in [0.2, 0.25) is 0 Å². The minimum Gasteiger partial charge on any atom is -0.465 e. The predicted molar refractivity (Wildman–Crippen MR) is 91.0 cm³/mol. The van der Waals surface area contributed by atoms with Crippen molar-refractivity contribution in [1.29, 1.82) is 0 Å². The largest absolute Gasteiger partial charge is 0.465 e. The number of hydrogen-bond donors (Lipinski definition) is 1. The van der Waals surface area contributed by atoms with Crippen LogP contribution in [0.5, 0.6) is 0 Å². The van der Waals surface area contributed by atoms with Gasteiger partial charge in [-0.2, -0.15) is 0 Å². The van der Waals surface area contributed by atoms with Gasteiger partial charge in [0.1, 0.15) is 0 Å². The number of thiophene rings is 1. The van der Waals surface area contributed by atoms with Gasteiger partial charge in [0.15, 0.2) is 0 Å². The highest BCUT2D eigenvalue weighted by atomic mass is 79.9. The SMILES string of the molecule is COC(=O)c1ccc(C(=O)Nc2nnc(-c3ccc(Br)s3)o2)cc1. The van der Waals surface area contributed by atoms with E-state index in [1.807, 2.05) is 12.1 Å². The van der Waals surface area contributed by atoms with Gasteiger partial charge in [0.05, 0.1) is 21.3 Å².